The first kappa shape index (κ1) is 12.8. The Morgan fingerprint density at radius 1 is 1.10 bits per heavy atom. The van der Waals surface area contributed by atoms with Crippen LogP contribution < -0.4 is 5.32 Å². The van der Waals surface area contributed by atoms with E-state index in [1.54, 1.807) is 36.7 Å². The van der Waals surface area contributed by atoms with Crippen LogP contribution in [0.2, 0.25) is 0 Å². The van der Waals surface area contributed by atoms with E-state index in [-0.39, 0.29) is 17.2 Å². The third-order valence-electron chi connectivity index (χ3n) is 2.76. The summed E-state index contributed by atoms with van der Waals surface area (Å²) in [6, 6.07) is 8.41. The van der Waals surface area contributed by atoms with Crippen LogP contribution in [-0.4, -0.2) is 31.0 Å². The molecule has 7 nitrogen and oxygen atoms in total. The molecule has 0 aliphatic rings. The summed E-state index contributed by atoms with van der Waals surface area (Å²) >= 11 is 0. The van der Waals surface area contributed by atoms with Crippen molar-refractivity contribution in [1.29, 1.82) is 0 Å². The standard InChI is InChI=1S/C14H11N5O2/c20-13-7-10(8-15-9-13)14(21)18-11-1-3-12(4-2-11)19-16-5-6-17-19/h1-9,20H,(H,18,21). The molecule has 0 aliphatic carbocycles. The Labute approximate surface area is 119 Å². The Hall–Kier alpha value is -3.22. The number of amides is 1. The van der Waals surface area contributed by atoms with Crippen molar-refractivity contribution in [3.8, 4) is 11.4 Å². The van der Waals surface area contributed by atoms with E-state index < -0.39 is 0 Å². The van der Waals surface area contributed by atoms with E-state index in [2.05, 4.69) is 20.5 Å². The Morgan fingerprint density at radius 3 is 2.48 bits per heavy atom. The molecule has 0 radical (unpaired) electrons. The summed E-state index contributed by atoms with van der Waals surface area (Å²) in [5.74, 6) is -0.397. The van der Waals surface area contributed by atoms with E-state index in [0.717, 1.165) is 5.69 Å². The number of benzene rings is 1. The zero-order valence-electron chi connectivity index (χ0n) is 10.8. The summed E-state index contributed by atoms with van der Waals surface area (Å²) in [5, 5.41) is 20.1. The first-order valence-corrected chi connectivity index (χ1v) is 6.14. The van der Waals surface area contributed by atoms with Gasteiger partial charge in [-0.25, -0.2) is 0 Å². The van der Waals surface area contributed by atoms with Crippen molar-refractivity contribution < 1.29 is 9.90 Å². The molecular weight excluding hydrogens is 270 g/mol. The highest BCUT2D eigenvalue weighted by Crippen LogP contribution is 2.14. The number of rotatable bonds is 3. The predicted molar refractivity (Wildman–Crippen MR) is 75.2 cm³/mol. The molecule has 21 heavy (non-hydrogen) atoms. The third kappa shape index (κ3) is 2.86. The smallest absolute Gasteiger partial charge is 0.257 e. The lowest BCUT2D eigenvalue weighted by molar-refractivity contribution is 0.102. The van der Waals surface area contributed by atoms with Crippen LogP contribution in [-0.2, 0) is 0 Å². The van der Waals surface area contributed by atoms with E-state index >= 15 is 0 Å². The molecule has 7 heteroatoms. The minimum absolute atomic E-state index is 0.0530. The van der Waals surface area contributed by atoms with Gasteiger partial charge in [0.2, 0.25) is 0 Å². The fourth-order valence-electron chi connectivity index (χ4n) is 1.78. The van der Waals surface area contributed by atoms with Crippen LogP contribution >= 0.6 is 0 Å². The van der Waals surface area contributed by atoms with Gasteiger partial charge in [0.15, 0.2) is 0 Å². The first-order chi connectivity index (χ1) is 10.2. The summed E-state index contributed by atoms with van der Waals surface area (Å²) in [6.45, 7) is 0. The summed E-state index contributed by atoms with van der Waals surface area (Å²) in [5.41, 5.74) is 1.70. The molecule has 0 bridgehead atoms. The van der Waals surface area contributed by atoms with Gasteiger partial charge in [0.25, 0.3) is 5.91 Å². The molecule has 0 unspecified atom stereocenters. The molecule has 0 saturated heterocycles. The number of carbonyl (C=O) groups excluding carboxylic acids is 1. The fourth-order valence-corrected chi connectivity index (χ4v) is 1.78. The number of hydrogen-bond acceptors (Lipinski definition) is 5. The number of pyridine rings is 1. The van der Waals surface area contributed by atoms with Crippen molar-refractivity contribution in [1.82, 2.24) is 20.0 Å². The van der Waals surface area contributed by atoms with E-state index in [1.165, 1.54) is 23.3 Å². The van der Waals surface area contributed by atoms with Gasteiger partial charge in [-0.2, -0.15) is 15.0 Å². The molecule has 3 rings (SSSR count). The highest BCUT2D eigenvalue weighted by Gasteiger charge is 2.07. The lowest BCUT2D eigenvalue weighted by Crippen LogP contribution is -2.12. The predicted octanol–water partition coefficient (Wildman–Crippen LogP) is 1.62. The number of anilines is 1. The maximum atomic E-state index is 12.0. The van der Waals surface area contributed by atoms with Gasteiger partial charge in [-0.1, -0.05) is 0 Å². The van der Waals surface area contributed by atoms with Gasteiger partial charge in [-0.15, -0.1) is 0 Å². The molecule has 2 N–H and O–H groups in total. The number of carbonyl (C=O) groups is 1. The highest BCUT2D eigenvalue weighted by molar-refractivity contribution is 6.04. The molecule has 0 aliphatic heterocycles. The largest absolute Gasteiger partial charge is 0.506 e. The van der Waals surface area contributed by atoms with Crippen LogP contribution in [0.5, 0.6) is 5.75 Å². The monoisotopic (exact) mass is 281 g/mol. The van der Waals surface area contributed by atoms with Gasteiger partial charge in [0.1, 0.15) is 5.75 Å². The second-order valence-corrected chi connectivity index (χ2v) is 4.25. The Morgan fingerprint density at radius 2 is 1.81 bits per heavy atom. The maximum Gasteiger partial charge on any atom is 0.257 e. The number of aromatic nitrogens is 4. The van der Waals surface area contributed by atoms with Crippen molar-refractivity contribution in [2.75, 3.05) is 5.32 Å². The van der Waals surface area contributed by atoms with Gasteiger partial charge >= 0.3 is 0 Å². The van der Waals surface area contributed by atoms with E-state index in [4.69, 9.17) is 0 Å². The normalized spacial score (nSPS) is 10.3. The Balaban J connectivity index is 1.75. The molecule has 0 saturated carbocycles. The summed E-state index contributed by atoms with van der Waals surface area (Å²) in [4.78, 5) is 17.2. The van der Waals surface area contributed by atoms with Crippen LogP contribution in [0.25, 0.3) is 5.69 Å². The molecule has 2 heterocycles. The second-order valence-electron chi connectivity index (χ2n) is 4.25. The fraction of sp³-hybridized carbons (Fsp3) is 0. The van der Waals surface area contributed by atoms with Crippen molar-refractivity contribution in [2.45, 2.75) is 0 Å². The third-order valence-corrected chi connectivity index (χ3v) is 2.76. The molecule has 0 fully saturated rings. The van der Waals surface area contributed by atoms with Crippen molar-refractivity contribution >= 4 is 11.6 Å². The first-order valence-electron chi connectivity index (χ1n) is 6.14. The number of hydrogen-bond donors (Lipinski definition) is 2. The van der Waals surface area contributed by atoms with Crippen molar-refractivity contribution in [3.05, 3.63) is 60.7 Å². The van der Waals surface area contributed by atoms with Crippen molar-refractivity contribution in [2.24, 2.45) is 0 Å². The number of nitrogens with zero attached hydrogens (tertiary/aromatic N) is 4. The topological polar surface area (TPSA) is 92.9 Å². The molecular formula is C14H11N5O2. The molecule has 104 valence electrons. The molecule has 3 aromatic rings. The Kier molecular flexibility index (Phi) is 3.30. The highest BCUT2D eigenvalue weighted by atomic mass is 16.3. The minimum atomic E-state index is -0.344. The van der Waals surface area contributed by atoms with Gasteiger partial charge < -0.3 is 10.4 Å². The lowest BCUT2D eigenvalue weighted by atomic mass is 10.2. The second kappa shape index (κ2) is 5.41. The van der Waals surface area contributed by atoms with Gasteiger partial charge in [-0.3, -0.25) is 9.78 Å². The summed E-state index contributed by atoms with van der Waals surface area (Å²) in [6.07, 6.45) is 5.83. The van der Waals surface area contributed by atoms with Crippen LogP contribution in [0.3, 0.4) is 0 Å². The average molecular weight is 281 g/mol. The molecule has 1 aromatic carbocycles. The van der Waals surface area contributed by atoms with Gasteiger partial charge in [0, 0.05) is 11.9 Å². The molecule has 2 aromatic heterocycles. The molecule has 0 spiro atoms. The number of aromatic hydroxyl groups is 1. The quantitative estimate of drug-likeness (QED) is 0.761. The van der Waals surface area contributed by atoms with E-state index in [0.29, 0.717) is 5.69 Å². The van der Waals surface area contributed by atoms with Crippen molar-refractivity contribution in [3.63, 3.8) is 0 Å². The summed E-state index contributed by atoms with van der Waals surface area (Å²) < 4.78 is 0. The van der Waals surface area contributed by atoms with Crippen LogP contribution in [0.15, 0.2) is 55.1 Å². The SMILES string of the molecule is O=C(Nc1ccc(-n2nccn2)cc1)c1cncc(O)c1. The van der Waals surface area contributed by atoms with Gasteiger partial charge in [0.05, 0.1) is 29.8 Å². The van der Waals surface area contributed by atoms with Crippen LogP contribution in [0, 0.1) is 0 Å². The minimum Gasteiger partial charge on any atom is -0.506 e. The average Bonchev–Trinajstić information content (AvgIpc) is 3.02. The lowest BCUT2D eigenvalue weighted by Gasteiger charge is -2.06. The van der Waals surface area contributed by atoms with Crippen LogP contribution in [0.4, 0.5) is 5.69 Å². The van der Waals surface area contributed by atoms with E-state index in [1.807, 2.05) is 0 Å². The maximum absolute atomic E-state index is 12.0. The zero-order valence-corrected chi connectivity index (χ0v) is 10.8. The zero-order chi connectivity index (χ0) is 14.7. The number of nitrogens with one attached hydrogen (secondary N) is 1. The summed E-state index contributed by atoms with van der Waals surface area (Å²) in [7, 11) is 0. The molecule has 0 atom stereocenters. The molecule has 1 amide bonds. The van der Waals surface area contributed by atoms with Crippen LogP contribution in [0.1, 0.15) is 10.4 Å². The van der Waals surface area contributed by atoms with E-state index in [9.17, 15) is 9.90 Å². The van der Waals surface area contributed by atoms with Gasteiger partial charge in [-0.05, 0) is 30.3 Å². The Bertz CT molecular complexity index is 753.